The maximum atomic E-state index is 12.1. The van der Waals surface area contributed by atoms with Gasteiger partial charge in [-0.05, 0) is 64.7 Å². The molecule has 260 valence electrons. The van der Waals surface area contributed by atoms with Gasteiger partial charge in [-0.1, -0.05) is 0 Å². The second-order valence-electron chi connectivity index (χ2n) is 11.1. The number of unbranched alkanes of at least 4 members (excludes halogenated alkanes) is 6. The highest BCUT2D eigenvalue weighted by atomic mass is 16.5. The van der Waals surface area contributed by atoms with Crippen LogP contribution in [0.1, 0.15) is 96.0 Å². The third-order valence-corrected chi connectivity index (χ3v) is 7.31. The molecule has 0 aliphatic rings. The molecular weight excluding hydrogens is 604 g/mol. The third kappa shape index (κ3) is 16.4. The Hall–Kier alpha value is -3.89. The summed E-state index contributed by atoms with van der Waals surface area (Å²) in [4.78, 5) is 81.5. The Morgan fingerprint density at radius 1 is 0.565 bits per heavy atom. The SMILES string of the molecule is CC(=O)N(O)CCCCCNC(=O)CCC(=O)N(O)CCCCCNC(=O)CCC(=O)N(O)CCCCCNc1c(C)c(=O)c1=O. The van der Waals surface area contributed by atoms with E-state index in [1.807, 2.05) is 0 Å². The van der Waals surface area contributed by atoms with Crippen LogP contribution >= 0.6 is 0 Å². The van der Waals surface area contributed by atoms with Gasteiger partial charge in [0.25, 0.3) is 0 Å². The summed E-state index contributed by atoms with van der Waals surface area (Å²) in [5.74, 6) is -2.19. The summed E-state index contributed by atoms with van der Waals surface area (Å²) in [6, 6.07) is 0. The van der Waals surface area contributed by atoms with Crippen molar-refractivity contribution in [1.82, 2.24) is 25.8 Å². The maximum absolute atomic E-state index is 12.1. The van der Waals surface area contributed by atoms with Crippen LogP contribution in [-0.4, -0.2) is 99.6 Å². The van der Waals surface area contributed by atoms with Crippen molar-refractivity contribution in [3.63, 3.8) is 0 Å². The first-order valence-electron chi connectivity index (χ1n) is 15.9. The average molecular weight is 655 g/mol. The van der Waals surface area contributed by atoms with E-state index >= 15 is 0 Å². The van der Waals surface area contributed by atoms with Gasteiger partial charge in [0.2, 0.25) is 40.4 Å². The number of rotatable bonds is 25. The number of hydroxylamine groups is 6. The number of hydrogen-bond donors (Lipinski definition) is 6. The van der Waals surface area contributed by atoms with Crippen molar-refractivity contribution in [1.29, 1.82) is 0 Å². The van der Waals surface area contributed by atoms with Crippen LogP contribution in [-0.2, 0) is 24.0 Å². The lowest BCUT2D eigenvalue weighted by molar-refractivity contribution is -0.166. The Kier molecular flexibility index (Phi) is 19.7. The van der Waals surface area contributed by atoms with E-state index < -0.39 is 28.6 Å². The van der Waals surface area contributed by atoms with Crippen molar-refractivity contribution in [3.05, 3.63) is 26.0 Å². The smallest absolute Gasteiger partial charge is 0.249 e. The molecule has 6 N–H and O–H groups in total. The highest BCUT2D eigenvalue weighted by Crippen LogP contribution is 2.07. The predicted octanol–water partition coefficient (Wildman–Crippen LogP) is 0.980. The quantitative estimate of drug-likeness (QED) is 0.0377. The van der Waals surface area contributed by atoms with Crippen LogP contribution in [0.15, 0.2) is 9.59 Å². The lowest BCUT2D eigenvalue weighted by Crippen LogP contribution is -2.37. The van der Waals surface area contributed by atoms with Crippen LogP contribution in [0, 0.1) is 6.92 Å². The molecule has 1 aromatic carbocycles. The predicted molar refractivity (Wildman–Crippen MR) is 167 cm³/mol. The van der Waals surface area contributed by atoms with Gasteiger partial charge in [-0.15, -0.1) is 0 Å². The molecule has 0 bridgehead atoms. The van der Waals surface area contributed by atoms with Crippen molar-refractivity contribution in [2.24, 2.45) is 0 Å². The minimum absolute atomic E-state index is 0.0572. The molecule has 0 aliphatic heterocycles. The summed E-state index contributed by atoms with van der Waals surface area (Å²) in [6.07, 6.45) is 5.17. The van der Waals surface area contributed by atoms with Gasteiger partial charge >= 0.3 is 0 Å². The zero-order chi connectivity index (χ0) is 34.5. The molecule has 0 aliphatic carbocycles. The van der Waals surface area contributed by atoms with E-state index in [0.29, 0.717) is 104 Å². The zero-order valence-electron chi connectivity index (χ0n) is 27.0. The van der Waals surface area contributed by atoms with Crippen LogP contribution in [0.5, 0.6) is 0 Å². The Bertz CT molecular complexity index is 1200. The van der Waals surface area contributed by atoms with E-state index in [1.165, 1.54) is 6.92 Å². The molecule has 0 radical (unpaired) electrons. The molecule has 1 rings (SSSR count). The minimum atomic E-state index is -0.566. The summed E-state index contributed by atoms with van der Waals surface area (Å²) in [7, 11) is 0. The van der Waals surface area contributed by atoms with Crippen LogP contribution in [0.3, 0.4) is 0 Å². The van der Waals surface area contributed by atoms with Crippen LogP contribution in [0.2, 0.25) is 0 Å². The Morgan fingerprint density at radius 2 is 0.978 bits per heavy atom. The summed E-state index contributed by atoms with van der Waals surface area (Å²) in [5.41, 5.74) is -0.177. The van der Waals surface area contributed by atoms with Gasteiger partial charge in [-0.25, -0.2) is 15.2 Å². The van der Waals surface area contributed by atoms with Gasteiger partial charge in [-0.2, -0.15) is 0 Å². The topological polar surface area (TPSA) is 226 Å². The molecule has 46 heavy (non-hydrogen) atoms. The molecule has 0 saturated carbocycles. The first kappa shape index (κ1) is 40.1. The molecule has 5 amide bonds. The van der Waals surface area contributed by atoms with Crippen LogP contribution in [0.25, 0.3) is 0 Å². The Balaban J connectivity index is 2.00. The Morgan fingerprint density at radius 3 is 1.39 bits per heavy atom. The molecule has 16 nitrogen and oxygen atoms in total. The Labute approximate surface area is 268 Å². The monoisotopic (exact) mass is 654 g/mol. The van der Waals surface area contributed by atoms with Gasteiger partial charge in [0.05, 0.1) is 5.69 Å². The lowest BCUT2D eigenvalue weighted by atomic mass is 10.1. The van der Waals surface area contributed by atoms with E-state index in [9.17, 15) is 49.2 Å². The number of carbonyl (C=O) groups is 5. The second-order valence-corrected chi connectivity index (χ2v) is 11.1. The van der Waals surface area contributed by atoms with Crippen molar-refractivity contribution in [2.45, 2.75) is 97.3 Å². The van der Waals surface area contributed by atoms with Gasteiger partial charge in [0, 0.05) is 77.4 Å². The first-order valence-corrected chi connectivity index (χ1v) is 15.9. The van der Waals surface area contributed by atoms with E-state index in [0.717, 1.165) is 0 Å². The van der Waals surface area contributed by atoms with Crippen LogP contribution < -0.4 is 26.8 Å². The molecule has 0 unspecified atom stereocenters. The first-order chi connectivity index (χ1) is 21.8. The number of hydrogen-bond acceptors (Lipinski definition) is 11. The minimum Gasteiger partial charge on any atom is -0.381 e. The van der Waals surface area contributed by atoms with Crippen molar-refractivity contribution in [3.8, 4) is 0 Å². The standard InChI is InChI=1S/C30H50N6O10/c1-22-28(30(43)29(22)42)33-18-8-5-11-21-36(46)27(41)15-13-25(39)32-17-7-4-10-20-35(45)26(40)14-12-24(38)31-16-6-3-9-19-34(44)23(2)37/h33,44-46H,3-21H2,1-2H3,(H,31,38)(H,32,39). The highest BCUT2D eigenvalue weighted by molar-refractivity contribution is 5.83. The number of amides is 5. The summed E-state index contributed by atoms with van der Waals surface area (Å²) in [6.45, 7) is 4.56. The number of nitrogens with zero attached hydrogens (tertiary/aromatic N) is 3. The van der Waals surface area contributed by atoms with Crippen molar-refractivity contribution in [2.75, 3.05) is 44.6 Å². The fourth-order valence-corrected chi connectivity index (χ4v) is 4.36. The van der Waals surface area contributed by atoms with Crippen molar-refractivity contribution < 1.29 is 39.6 Å². The maximum Gasteiger partial charge on any atom is 0.249 e. The largest absolute Gasteiger partial charge is 0.381 e. The highest BCUT2D eigenvalue weighted by Gasteiger charge is 2.16. The fraction of sp³-hybridized carbons (Fsp3) is 0.700. The molecule has 0 atom stereocenters. The summed E-state index contributed by atoms with van der Waals surface area (Å²) < 4.78 is 0. The lowest BCUT2D eigenvalue weighted by Gasteiger charge is -2.15. The molecule has 0 aromatic heterocycles. The average Bonchev–Trinajstić information content (AvgIpc) is 3.03. The molecule has 0 fully saturated rings. The van der Waals surface area contributed by atoms with E-state index in [2.05, 4.69) is 16.0 Å². The van der Waals surface area contributed by atoms with Gasteiger partial charge in [0.1, 0.15) is 0 Å². The number of carbonyl (C=O) groups excluding carboxylic acids is 5. The molecule has 16 heteroatoms. The summed E-state index contributed by atoms with van der Waals surface area (Å²) in [5, 5.41) is 39.2. The second kappa shape index (κ2) is 22.6. The summed E-state index contributed by atoms with van der Waals surface area (Å²) >= 11 is 0. The zero-order valence-corrected chi connectivity index (χ0v) is 27.0. The van der Waals surface area contributed by atoms with Gasteiger partial charge < -0.3 is 16.0 Å². The van der Waals surface area contributed by atoms with E-state index in [4.69, 9.17) is 0 Å². The third-order valence-electron chi connectivity index (χ3n) is 7.31. The molecule has 0 heterocycles. The molecular formula is C30H50N6O10. The van der Waals surface area contributed by atoms with Gasteiger partial charge in [0.15, 0.2) is 0 Å². The normalized spacial score (nSPS) is 10.8. The van der Waals surface area contributed by atoms with E-state index in [-0.39, 0.29) is 57.1 Å². The molecule has 0 spiro atoms. The fourth-order valence-electron chi connectivity index (χ4n) is 4.36. The van der Waals surface area contributed by atoms with Gasteiger partial charge in [-0.3, -0.25) is 49.2 Å². The molecule has 1 aromatic rings. The molecule has 0 saturated heterocycles. The van der Waals surface area contributed by atoms with Crippen LogP contribution in [0.4, 0.5) is 5.69 Å². The van der Waals surface area contributed by atoms with Crippen molar-refractivity contribution >= 4 is 35.2 Å². The van der Waals surface area contributed by atoms with E-state index in [1.54, 1.807) is 6.92 Å². The number of anilines is 1. The number of nitrogens with one attached hydrogen (secondary N) is 3.